The Bertz CT molecular complexity index is 53.0. The predicted molar refractivity (Wildman–Crippen MR) is 51.0 cm³/mol. The molecule has 4 N–H and O–H groups in total. The van der Waals surface area contributed by atoms with E-state index in [4.69, 9.17) is 11.5 Å². The van der Waals surface area contributed by atoms with Gasteiger partial charge in [-0.1, -0.05) is 6.92 Å². The Morgan fingerprint density at radius 1 is 1.20 bits per heavy atom. The van der Waals surface area contributed by atoms with Crippen molar-refractivity contribution in [2.24, 2.45) is 17.4 Å². The standard InChI is InChI=1S/C6H16N2.2ClH/c1-6(5-8)3-2-4-7;;/h6H,2-5,7-8H2,1H3;2*1H. The minimum atomic E-state index is 0. The lowest BCUT2D eigenvalue weighted by molar-refractivity contribution is 0.525. The Balaban J connectivity index is -0.000000245. The average Bonchev–Trinajstić information content (AvgIpc) is 1.83. The molecule has 0 aliphatic rings. The summed E-state index contributed by atoms with van der Waals surface area (Å²) in [5.41, 5.74) is 10.7. The van der Waals surface area contributed by atoms with Crippen LogP contribution < -0.4 is 11.5 Å². The monoisotopic (exact) mass is 188 g/mol. The van der Waals surface area contributed by atoms with Gasteiger partial charge in [0.25, 0.3) is 0 Å². The number of rotatable bonds is 4. The van der Waals surface area contributed by atoms with Crippen LogP contribution in [0.5, 0.6) is 0 Å². The van der Waals surface area contributed by atoms with E-state index in [1.54, 1.807) is 0 Å². The van der Waals surface area contributed by atoms with E-state index in [1.807, 2.05) is 0 Å². The van der Waals surface area contributed by atoms with E-state index in [-0.39, 0.29) is 24.8 Å². The highest BCUT2D eigenvalue weighted by Crippen LogP contribution is 2.00. The van der Waals surface area contributed by atoms with E-state index in [0.717, 1.165) is 19.5 Å². The minimum Gasteiger partial charge on any atom is -0.330 e. The summed E-state index contributed by atoms with van der Waals surface area (Å²) in [5.74, 6) is 0.651. The molecule has 0 aliphatic heterocycles. The van der Waals surface area contributed by atoms with E-state index in [9.17, 15) is 0 Å². The molecule has 0 fully saturated rings. The molecule has 0 aromatic carbocycles. The number of halogens is 2. The molecule has 4 heteroatoms. The van der Waals surface area contributed by atoms with Crippen LogP contribution in [0.4, 0.5) is 0 Å². The van der Waals surface area contributed by atoms with Gasteiger partial charge in [0.05, 0.1) is 0 Å². The van der Waals surface area contributed by atoms with Crippen molar-refractivity contribution >= 4 is 24.8 Å². The van der Waals surface area contributed by atoms with Crippen molar-refractivity contribution in [1.82, 2.24) is 0 Å². The number of nitrogens with two attached hydrogens (primary N) is 2. The van der Waals surface area contributed by atoms with Gasteiger partial charge in [0.1, 0.15) is 0 Å². The van der Waals surface area contributed by atoms with Gasteiger partial charge in [-0.3, -0.25) is 0 Å². The fourth-order valence-corrected chi connectivity index (χ4v) is 0.584. The zero-order valence-electron chi connectivity index (χ0n) is 6.38. The maximum Gasteiger partial charge on any atom is -0.00515 e. The zero-order chi connectivity index (χ0) is 6.41. The highest BCUT2D eigenvalue weighted by Gasteiger charge is 1.95. The van der Waals surface area contributed by atoms with Gasteiger partial charge in [0.2, 0.25) is 0 Å². The Kier molecular flexibility index (Phi) is 20.6. The molecule has 0 rings (SSSR count). The molecular weight excluding hydrogens is 171 g/mol. The molecule has 0 aromatic rings. The van der Waals surface area contributed by atoms with Crippen LogP contribution in [-0.2, 0) is 0 Å². The summed E-state index contributed by atoms with van der Waals surface area (Å²) in [5, 5.41) is 0. The van der Waals surface area contributed by atoms with Gasteiger partial charge < -0.3 is 11.5 Å². The fraction of sp³-hybridized carbons (Fsp3) is 1.00. The van der Waals surface area contributed by atoms with Gasteiger partial charge in [-0.05, 0) is 31.8 Å². The van der Waals surface area contributed by atoms with Crippen LogP contribution in [0.1, 0.15) is 19.8 Å². The van der Waals surface area contributed by atoms with Gasteiger partial charge in [-0.25, -0.2) is 0 Å². The number of hydrogen-bond donors (Lipinski definition) is 2. The molecule has 0 spiro atoms. The van der Waals surface area contributed by atoms with Gasteiger partial charge in [-0.15, -0.1) is 24.8 Å². The number of hydrogen-bond acceptors (Lipinski definition) is 2. The topological polar surface area (TPSA) is 52.0 Å². The first-order valence-electron chi connectivity index (χ1n) is 3.21. The molecule has 0 bridgehead atoms. The maximum absolute atomic E-state index is 5.37. The molecule has 2 nitrogen and oxygen atoms in total. The molecule has 0 heterocycles. The quantitative estimate of drug-likeness (QED) is 0.697. The van der Waals surface area contributed by atoms with Crippen LogP contribution >= 0.6 is 24.8 Å². The molecule has 0 aromatic heterocycles. The van der Waals surface area contributed by atoms with E-state index >= 15 is 0 Å². The first-order chi connectivity index (χ1) is 3.81. The molecular formula is C6H18Cl2N2. The lowest BCUT2D eigenvalue weighted by atomic mass is 10.1. The Morgan fingerprint density at radius 2 is 1.70 bits per heavy atom. The molecule has 10 heavy (non-hydrogen) atoms. The van der Waals surface area contributed by atoms with Crippen LogP contribution in [-0.4, -0.2) is 13.1 Å². The Hall–Kier alpha value is 0.500. The highest BCUT2D eigenvalue weighted by atomic mass is 35.5. The summed E-state index contributed by atoms with van der Waals surface area (Å²) >= 11 is 0. The molecule has 66 valence electrons. The SMILES string of the molecule is CC(CN)CCCN.Cl.Cl. The van der Waals surface area contributed by atoms with Crippen LogP contribution in [0.2, 0.25) is 0 Å². The second-order valence-corrected chi connectivity index (χ2v) is 2.27. The Morgan fingerprint density at radius 3 is 2.00 bits per heavy atom. The third-order valence-electron chi connectivity index (χ3n) is 1.30. The predicted octanol–water partition coefficient (Wildman–Crippen LogP) is 1.16. The van der Waals surface area contributed by atoms with Gasteiger partial charge in [-0.2, -0.15) is 0 Å². The molecule has 0 saturated carbocycles. The molecule has 1 unspecified atom stereocenters. The van der Waals surface area contributed by atoms with E-state index in [1.165, 1.54) is 6.42 Å². The van der Waals surface area contributed by atoms with Crippen LogP contribution in [0.3, 0.4) is 0 Å². The average molecular weight is 189 g/mol. The van der Waals surface area contributed by atoms with Crippen molar-refractivity contribution in [3.05, 3.63) is 0 Å². The van der Waals surface area contributed by atoms with Crippen LogP contribution in [0, 0.1) is 5.92 Å². The summed E-state index contributed by atoms with van der Waals surface area (Å²) < 4.78 is 0. The first-order valence-corrected chi connectivity index (χ1v) is 3.21. The summed E-state index contributed by atoms with van der Waals surface area (Å²) in [7, 11) is 0. The van der Waals surface area contributed by atoms with Crippen molar-refractivity contribution < 1.29 is 0 Å². The van der Waals surface area contributed by atoms with E-state index < -0.39 is 0 Å². The lowest BCUT2D eigenvalue weighted by Crippen LogP contribution is -2.12. The van der Waals surface area contributed by atoms with Crippen LogP contribution in [0.25, 0.3) is 0 Å². The van der Waals surface area contributed by atoms with Gasteiger partial charge in [0, 0.05) is 0 Å². The minimum absolute atomic E-state index is 0. The van der Waals surface area contributed by atoms with E-state index in [0.29, 0.717) is 5.92 Å². The first kappa shape index (κ1) is 16.8. The normalized spacial score (nSPS) is 11.1. The summed E-state index contributed by atoms with van der Waals surface area (Å²) in [4.78, 5) is 0. The highest BCUT2D eigenvalue weighted by molar-refractivity contribution is 5.85. The second-order valence-electron chi connectivity index (χ2n) is 2.27. The van der Waals surface area contributed by atoms with Crippen molar-refractivity contribution in [3.8, 4) is 0 Å². The van der Waals surface area contributed by atoms with Crippen molar-refractivity contribution in [1.29, 1.82) is 0 Å². The molecule has 0 amide bonds. The third kappa shape index (κ3) is 11.3. The van der Waals surface area contributed by atoms with Crippen LogP contribution in [0.15, 0.2) is 0 Å². The molecule has 0 saturated heterocycles. The smallest absolute Gasteiger partial charge is 0.00515 e. The molecule has 1 atom stereocenters. The maximum atomic E-state index is 5.37. The van der Waals surface area contributed by atoms with E-state index in [2.05, 4.69) is 6.92 Å². The van der Waals surface area contributed by atoms with Crippen molar-refractivity contribution in [3.63, 3.8) is 0 Å². The van der Waals surface area contributed by atoms with Gasteiger partial charge in [0.15, 0.2) is 0 Å². The second kappa shape index (κ2) is 12.2. The fourth-order valence-electron chi connectivity index (χ4n) is 0.584. The molecule has 0 radical (unpaired) electrons. The van der Waals surface area contributed by atoms with Crippen molar-refractivity contribution in [2.45, 2.75) is 19.8 Å². The lowest BCUT2D eigenvalue weighted by Gasteiger charge is -2.04. The van der Waals surface area contributed by atoms with Crippen molar-refractivity contribution in [2.75, 3.05) is 13.1 Å². The third-order valence-corrected chi connectivity index (χ3v) is 1.30. The largest absolute Gasteiger partial charge is 0.330 e. The summed E-state index contributed by atoms with van der Waals surface area (Å²) in [6.07, 6.45) is 2.28. The van der Waals surface area contributed by atoms with Gasteiger partial charge >= 0.3 is 0 Å². The Labute approximate surface area is 75.5 Å². The molecule has 0 aliphatic carbocycles. The summed E-state index contributed by atoms with van der Waals surface area (Å²) in [6.45, 7) is 3.74. The summed E-state index contributed by atoms with van der Waals surface area (Å²) in [6, 6.07) is 0. The zero-order valence-corrected chi connectivity index (χ0v) is 8.01.